The van der Waals surface area contributed by atoms with Crippen LogP contribution in [0.4, 0.5) is 11.4 Å². The number of rotatable bonds is 9. The maximum Gasteiger partial charge on any atom is 0.338 e. The normalized spacial score (nSPS) is 14.9. The molecule has 2 amide bonds. The molecular weight excluding hydrogens is 456 g/mol. The Hall–Kier alpha value is -4.21. The van der Waals surface area contributed by atoms with Crippen molar-refractivity contribution in [3.63, 3.8) is 0 Å². The highest BCUT2D eigenvalue weighted by atomic mass is 16.5. The highest BCUT2D eigenvalue weighted by Gasteiger charge is 2.36. The lowest BCUT2D eigenvalue weighted by molar-refractivity contribution is -0.151. The summed E-state index contributed by atoms with van der Waals surface area (Å²) >= 11 is 0. The minimum atomic E-state index is -0.719. The second-order valence-corrected chi connectivity index (χ2v) is 7.81. The molecule has 2 aromatic rings. The second kappa shape index (κ2) is 11.8. The van der Waals surface area contributed by atoms with Crippen LogP contribution in [0.15, 0.2) is 48.5 Å². The third-order valence-electron chi connectivity index (χ3n) is 5.25. The fourth-order valence-corrected chi connectivity index (χ4v) is 3.43. The van der Waals surface area contributed by atoms with Crippen molar-refractivity contribution >= 4 is 41.1 Å². The van der Waals surface area contributed by atoms with Gasteiger partial charge in [0, 0.05) is 24.3 Å². The number of nitrogens with zero attached hydrogens (tertiary/aromatic N) is 1. The molecule has 0 spiro atoms. The number of carbonyl (C=O) groups excluding carboxylic acids is 5. The Morgan fingerprint density at radius 1 is 0.943 bits per heavy atom. The lowest BCUT2D eigenvalue weighted by atomic mass is 10.1. The molecule has 0 bridgehead atoms. The first-order valence-electron chi connectivity index (χ1n) is 11.0. The molecule has 1 saturated heterocycles. The fourth-order valence-electron chi connectivity index (χ4n) is 3.43. The summed E-state index contributed by atoms with van der Waals surface area (Å²) in [7, 11) is 1.28. The molecule has 1 aliphatic rings. The highest BCUT2D eigenvalue weighted by Crippen LogP contribution is 2.26. The zero-order valence-electron chi connectivity index (χ0n) is 19.4. The van der Waals surface area contributed by atoms with Crippen molar-refractivity contribution in [1.82, 2.24) is 0 Å². The first-order chi connectivity index (χ1) is 16.8. The molecule has 1 heterocycles. The molecule has 10 heteroatoms. The minimum Gasteiger partial charge on any atom is -0.465 e. The van der Waals surface area contributed by atoms with Gasteiger partial charge in [-0.2, -0.15) is 0 Å². The molecule has 0 radical (unpaired) electrons. The number of hydrogen-bond donors (Lipinski definition) is 1. The van der Waals surface area contributed by atoms with Gasteiger partial charge in [0.05, 0.1) is 30.8 Å². The van der Waals surface area contributed by atoms with Gasteiger partial charge in [0.15, 0.2) is 6.61 Å². The predicted octanol–water partition coefficient (Wildman–Crippen LogP) is 2.57. The summed E-state index contributed by atoms with van der Waals surface area (Å²) in [4.78, 5) is 61.8. The number of amides is 2. The van der Waals surface area contributed by atoms with Gasteiger partial charge < -0.3 is 24.4 Å². The summed E-state index contributed by atoms with van der Waals surface area (Å²) in [6, 6.07) is 12.4. The van der Waals surface area contributed by atoms with Gasteiger partial charge >= 0.3 is 17.9 Å². The Kier molecular flexibility index (Phi) is 8.55. The number of carbonyl (C=O) groups is 5. The van der Waals surface area contributed by atoms with Gasteiger partial charge in [0.25, 0.3) is 5.91 Å². The largest absolute Gasteiger partial charge is 0.465 e. The first kappa shape index (κ1) is 25.4. The van der Waals surface area contributed by atoms with Crippen LogP contribution in [0.5, 0.6) is 0 Å². The molecule has 35 heavy (non-hydrogen) atoms. The SMILES string of the molecule is CCCOC(=O)c1ccc(NC(=O)COC(=O)[C@H]2CC(=O)N(c3ccc(C(=O)OC)cc3)C2)cc1. The molecular formula is C25H26N2O8. The molecule has 1 fully saturated rings. The zero-order valence-corrected chi connectivity index (χ0v) is 19.4. The summed E-state index contributed by atoms with van der Waals surface area (Å²) in [5.41, 5.74) is 1.67. The zero-order chi connectivity index (χ0) is 25.4. The van der Waals surface area contributed by atoms with Gasteiger partial charge in [-0.05, 0) is 55.0 Å². The third-order valence-corrected chi connectivity index (χ3v) is 5.25. The lowest BCUT2D eigenvalue weighted by Gasteiger charge is -2.16. The molecule has 3 rings (SSSR count). The Labute approximate surface area is 202 Å². The minimum absolute atomic E-state index is 0.0468. The molecule has 1 atom stereocenters. The van der Waals surface area contributed by atoms with E-state index in [9.17, 15) is 24.0 Å². The summed E-state index contributed by atoms with van der Waals surface area (Å²) in [5, 5.41) is 2.58. The van der Waals surface area contributed by atoms with Crippen LogP contribution in [0.2, 0.25) is 0 Å². The molecule has 0 unspecified atom stereocenters. The fraction of sp³-hybridized carbons (Fsp3) is 0.320. The van der Waals surface area contributed by atoms with Crippen LogP contribution in [-0.4, -0.2) is 56.6 Å². The molecule has 184 valence electrons. The van der Waals surface area contributed by atoms with Gasteiger partial charge in [0.2, 0.25) is 5.91 Å². The van der Waals surface area contributed by atoms with Gasteiger partial charge in [-0.15, -0.1) is 0 Å². The Morgan fingerprint density at radius 3 is 2.20 bits per heavy atom. The second-order valence-electron chi connectivity index (χ2n) is 7.81. The van der Waals surface area contributed by atoms with Gasteiger partial charge in [-0.1, -0.05) is 6.92 Å². The molecule has 10 nitrogen and oxygen atoms in total. The van der Waals surface area contributed by atoms with E-state index in [0.29, 0.717) is 29.1 Å². The lowest BCUT2D eigenvalue weighted by Crippen LogP contribution is -2.28. The molecule has 0 aromatic heterocycles. The van der Waals surface area contributed by atoms with Crippen molar-refractivity contribution in [3.8, 4) is 0 Å². The van der Waals surface area contributed by atoms with Crippen molar-refractivity contribution in [1.29, 1.82) is 0 Å². The predicted molar refractivity (Wildman–Crippen MR) is 125 cm³/mol. The van der Waals surface area contributed by atoms with Crippen LogP contribution in [-0.2, 0) is 28.6 Å². The Bertz CT molecular complexity index is 1100. The molecule has 1 aliphatic heterocycles. The number of esters is 3. The topological polar surface area (TPSA) is 128 Å². The van der Waals surface area contributed by atoms with Crippen LogP contribution >= 0.6 is 0 Å². The molecule has 1 N–H and O–H groups in total. The van der Waals surface area contributed by atoms with Crippen LogP contribution in [0.25, 0.3) is 0 Å². The Balaban J connectivity index is 1.48. The summed E-state index contributed by atoms with van der Waals surface area (Å²) in [6.07, 6.45) is 0.671. The van der Waals surface area contributed by atoms with Crippen molar-refractivity contribution in [2.75, 3.05) is 37.1 Å². The quantitative estimate of drug-likeness (QED) is 0.427. The maximum atomic E-state index is 12.4. The van der Waals surface area contributed by atoms with Crippen LogP contribution in [0.3, 0.4) is 0 Å². The van der Waals surface area contributed by atoms with E-state index < -0.39 is 36.3 Å². The monoisotopic (exact) mass is 482 g/mol. The van der Waals surface area contributed by atoms with Crippen molar-refractivity contribution in [2.45, 2.75) is 19.8 Å². The van der Waals surface area contributed by atoms with E-state index in [2.05, 4.69) is 10.1 Å². The van der Waals surface area contributed by atoms with E-state index >= 15 is 0 Å². The number of hydrogen-bond acceptors (Lipinski definition) is 8. The number of anilines is 2. The highest BCUT2D eigenvalue weighted by molar-refractivity contribution is 6.00. The van der Waals surface area contributed by atoms with Crippen molar-refractivity contribution in [3.05, 3.63) is 59.7 Å². The number of nitrogens with one attached hydrogen (secondary N) is 1. The average molecular weight is 482 g/mol. The number of methoxy groups -OCH3 is 1. The first-order valence-corrected chi connectivity index (χ1v) is 11.0. The molecule has 0 aliphatic carbocycles. The molecule has 2 aromatic carbocycles. The van der Waals surface area contributed by atoms with E-state index in [0.717, 1.165) is 6.42 Å². The summed E-state index contributed by atoms with van der Waals surface area (Å²) in [5.74, 6) is -3.13. The van der Waals surface area contributed by atoms with Crippen LogP contribution in [0, 0.1) is 5.92 Å². The number of ether oxygens (including phenoxy) is 3. The van der Waals surface area contributed by atoms with E-state index in [-0.39, 0.29) is 18.9 Å². The standard InChI is InChI=1S/C25H26N2O8/c1-3-12-34-24(31)17-4-8-19(9-5-17)26-21(28)15-35-25(32)18-13-22(29)27(14-18)20-10-6-16(7-11-20)23(30)33-2/h4-11,18H,3,12-15H2,1-2H3,(H,26,28)/t18-/m0/s1. The van der Waals surface area contributed by atoms with E-state index in [1.54, 1.807) is 24.3 Å². The van der Waals surface area contributed by atoms with E-state index in [1.807, 2.05) is 6.92 Å². The summed E-state index contributed by atoms with van der Waals surface area (Å²) in [6.45, 7) is 1.81. The van der Waals surface area contributed by atoms with Crippen LogP contribution < -0.4 is 10.2 Å². The Morgan fingerprint density at radius 2 is 1.57 bits per heavy atom. The van der Waals surface area contributed by atoms with Gasteiger partial charge in [-0.25, -0.2) is 9.59 Å². The third kappa shape index (κ3) is 6.66. The number of benzene rings is 2. The van der Waals surface area contributed by atoms with Gasteiger partial charge in [0.1, 0.15) is 0 Å². The summed E-state index contributed by atoms with van der Waals surface area (Å²) < 4.78 is 14.8. The van der Waals surface area contributed by atoms with Crippen LogP contribution in [0.1, 0.15) is 40.5 Å². The van der Waals surface area contributed by atoms with E-state index in [1.165, 1.54) is 36.3 Å². The van der Waals surface area contributed by atoms with E-state index in [4.69, 9.17) is 9.47 Å². The van der Waals surface area contributed by atoms with Crippen molar-refractivity contribution < 1.29 is 38.2 Å². The molecule has 0 saturated carbocycles. The smallest absolute Gasteiger partial charge is 0.338 e. The average Bonchev–Trinajstić information content (AvgIpc) is 3.27. The maximum absolute atomic E-state index is 12.4. The van der Waals surface area contributed by atoms with Crippen molar-refractivity contribution in [2.24, 2.45) is 5.92 Å². The van der Waals surface area contributed by atoms with Gasteiger partial charge in [-0.3, -0.25) is 14.4 Å².